The molecule has 6 N–H and O–H groups in total. The first-order valence-corrected chi connectivity index (χ1v) is 26.2. The van der Waals surface area contributed by atoms with E-state index in [4.69, 9.17) is 41.1 Å². The van der Waals surface area contributed by atoms with Crippen molar-refractivity contribution in [2.45, 2.75) is 87.5 Å². The minimum absolute atomic E-state index is 0.0451. The molecule has 23 nitrogen and oxygen atoms in total. The van der Waals surface area contributed by atoms with E-state index in [2.05, 4.69) is 57.2 Å². The van der Waals surface area contributed by atoms with Gasteiger partial charge in [0.15, 0.2) is 0 Å². The Bertz CT molecular complexity index is 2750. The molecule has 1 unspecified atom stereocenters. The van der Waals surface area contributed by atoms with Crippen LogP contribution in [0.25, 0.3) is 10.4 Å². The third-order valence-corrected chi connectivity index (χ3v) is 14.3. The molecule has 3 aliphatic rings. The number of nitrogens with zero attached hydrogens (tertiary/aromatic N) is 8. The molecule has 0 spiro atoms. The smallest absolute Gasteiger partial charge is 0.338 e. The van der Waals surface area contributed by atoms with Gasteiger partial charge in [-0.25, -0.2) is 18.7 Å². The Hall–Kier alpha value is -7.15. The molecule has 2 fully saturated rings. The van der Waals surface area contributed by atoms with Crippen molar-refractivity contribution in [2.75, 3.05) is 59.0 Å². The molecule has 2 saturated heterocycles. The number of hydrogen-bond donors (Lipinski definition) is 6. The van der Waals surface area contributed by atoms with Gasteiger partial charge < -0.3 is 50.8 Å². The summed E-state index contributed by atoms with van der Waals surface area (Å²) in [7, 11) is 1.25. The fraction of sp³-hybridized carbons (Fsp3) is 0.460. The van der Waals surface area contributed by atoms with E-state index in [0.717, 1.165) is 24.7 Å². The summed E-state index contributed by atoms with van der Waals surface area (Å²) in [6.07, 6.45) is 8.96. The van der Waals surface area contributed by atoms with E-state index in [1.165, 1.54) is 19.2 Å². The molecule has 0 bridgehead atoms. The molecular formula is C50H60ClFN14O9S. The van der Waals surface area contributed by atoms with E-state index in [-0.39, 0.29) is 92.4 Å². The number of amides is 5. The van der Waals surface area contributed by atoms with Gasteiger partial charge in [-0.15, -0.1) is 5.10 Å². The van der Waals surface area contributed by atoms with Gasteiger partial charge in [0.2, 0.25) is 11.8 Å². The lowest BCUT2D eigenvalue weighted by Gasteiger charge is -2.28. The predicted octanol–water partition coefficient (Wildman–Crippen LogP) is 5.10. The summed E-state index contributed by atoms with van der Waals surface area (Å²) in [6.45, 7) is 1.97. The lowest BCUT2D eigenvalue weighted by molar-refractivity contribution is -0.136. The number of rotatable bonds is 30. The van der Waals surface area contributed by atoms with E-state index in [0.29, 0.717) is 90.2 Å². The van der Waals surface area contributed by atoms with Gasteiger partial charge in [0.25, 0.3) is 5.91 Å². The largest absolute Gasteiger partial charge is 0.466 e. The Morgan fingerprint density at radius 3 is 2.54 bits per heavy atom. The molecule has 4 aromatic rings. The number of carbonyl (C=O) groups is 5. The van der Waals surface area contributed by atoms with Crippen molar-refractivity contribution in [3.05, 3.63) is 128 Å². The van der Waals surface area contributed by atoms with Gasteiger partial charge in [-0.2, -0.15) is 11.8 Å². The highest BCUT2D eigenvalue weighted by Crippen LogP contribution is 2.37. The van der Waals surface area contributed by atoms with Crippen LogP contribution in [0.3, 0.4) is 0 Å². The molecule has 5 amide bonds. The second kappa shape index (κ2) is 29.2. The normalized spacial score (nSPS) is 18.0. The maximum Gasteiger partial charge on any atom is 0.338 e. The summed E-state index contributed by atoms with van der Waals surface area (Å²) in [6, 6.07) is 12.0. The summed E-state index contributed by atoms with van der Waals surface area (Å²) in [5, 5.41) is 30.0. The Morgan fingerprint density at radius 1 is 0.961 bits per heavy atom. The second-order valence-electron chi connectivity index (χ2n) is 17.7. The molecular weight excluding hydrogens is 1030 g/mol. The zero-order valence-electron chi connectivity index (χ0n) is 41.8. The number of amidine groups is 1. The zero-order valence-corrected chi connectivity index (χ0v) is 43.3. The summed E-state index contributed by atoms with van der Waals surface area (Å²) < 4.78 is 38.2. The van der Waals surface area contributed by atoms with Crippen LogP contribution in [0.4, 0.5) is 14.9 Å². The number of nitrogens with one attached hydrogen (secondary N) is 6. The number of aromatic nitrogens is 4. The van der Waals surface area contributed by atoms with Crippen LogP contribution in [-0.2, 0) is 46.5 Å². The third kappa shape index (κ3) is 16.7. The van der Waals surface area contributed by atoms with Gasteiger partial charge in [0, 0.05) is 75.2 Å². The highest BCUT2D eigenvalue weighted by Gasteiger charge is 2.42. The molecule has 5 atom stereocenters. The highest BCUT2D eigenvalue weighted by molar-refractivity contribution is 8.00. The number of esters is 1. The van der Waals surface area contributed by atoms with Crippen LogP contribution in [0, 0.1) is 5.82 Å². The molecule has 2 aromatic carbocycles. The Morgan fingerprint density at radius 2 is 1.76 bits per heavy atom. The van der Waals surface area contributed by atoms with Crippen molar-refractivity contribution in [1.29, 1.82) is 0 Å². The average molecular weight is 1090 g/mol. The minimum Gasteiger partial charge on any atom is -0.466 e. The van der Waals surface area contributed by atoms with Crippen LogP contribution in [0.15, 0.2) is 94.6 Å². The van der Waals surface area contributed by atoms with E-state index in [9.17, 15) is 28.4 Å². The van der Waals surface area contributed by atoms with Crippen molar-refractivity contribution in [2.24, 2.45) is 10.1 Å². The van der Waals surface area contributed by atoms with E-state index < -0.39 is 23.9 Å². The van der Waals surface area contributed by atoms with Crippen molar-refractivity contribution < 1.29 is 47.3 Å². The monoisotopic (exact) mass is 1090 g/mol. The number of urea groups is 1. The first kappa shape index (κ1) is 56.6. The van der Waals surface area contributed by atoms with Crippen molar-refractivity contribution in [3.8, 4) is 0 Å². The summed E-state index contributed by atoms with van der Waals surface area (Å²) in [5.74, 6) is -0.772. The molecule has 7 rings (SSSR count). The number of ether oxygens (including phenoxy) is 4. The number of fused-ring (bicyclic) bond motifs is 1. The fourth-order valence-electron chi connectivity index (χ4n) is 8.60. The zero-order chi connectivity index (χ0) is 53.7. The van der Waals surface area contributed by atoms with Gasteiger partial charge >= 0.3 is 12.0 Å². The molecule has 0 aliphatic carbocycles. The minimum atomic E-state index is -0.933. The molecule has 5 heterocycles. The number of carbonyl (C=O) groups excluding carboxylic acids is 5. The predicted molar refractivity (Wildman–Crippen MR) is 279 cm³/mol. The third-order valence-electron chi connectivity index (χ3n) is 12.4. The highest BCUT2D eigenvalue weighted by atomic mass is 35.5. The lowest BCUT2D eigenvalue weighted by Crippen LogP contribution is -2.47. The number of benzene rings is 2. The Kier molecular flexibility index (Phi) is 21.8. The van der Waals surface area contributed by atoms with E-state index in [1.807, 2.05) is 11.8 Å². The number of hydrogen-bond acceptors (Lipinski definition) is 16. The quantitative estimate of drug-likeness (QED) is 0.00989. The lowest BCUT2D eigenvalue weighted by atomic mass is 9.95. The maximum absolute atomic E-state index is 14.0. The average Bonchev–Trinajstić information content (AvgIpc) is 4.18. The molecule has 0 saturated carbocycles. The number of halogens is 2. The SMILES string of the molecule is COC(=O)C1=C(COCc2cn(CCOCCOCCNC(=O)[C@@H](CCCCNC(=O)c3ccc(N=[N+]=[N-])cc3)NC(=O)CCCC[C@@H]3SC[C@@H]4NC(=O)N[C@@H]43)nn2)NC(c2ccncc2)=NC1c1ccc(F)cc1Cl. The first-order valence-electron chi connectivity index (χ1n) is 24.8. The number of aliphatic imine (C=N–C) groups is 1. The molecule has 76 heavy (non-hydrogen) atoms. The molecule has 404 valence electrons. The van der Waals surface area contributed by atoms with Crippen LogP contribution in [-0.4, -0.2) is 138 Å². The second-order valence-corrected chi connectivity index (χ2v) is 19.4. The van der Waals surface area contributed by atoms with Gasteiger partial charge in [-0.1, -0.05) is 46.5 Å². The molecule has 3 aliphatic heterocycles. The van der Waals surface area contributed by atoms with Crippen molar-refractivity contribution in [3.63, 3.8) is 0 Å². The number of pyridine rings is 1. The van der Waals surface area contributed by atoms with Crippen LogP contribution < -0.4 is 31.9 Å². The van der Waals surface area contributed by atoms with Crippen LogP contribution >= 0.6 is 23.4 Å². The molecule has 26 heteroatoms. The van der Waals surface area contributed by atoms with E-state index in [1.54, 1.807) is 59.7 Å². The number of unbranched alkanes of at least 4 members (excludes halogenated alkanes) is 2. The van der Waals surface area contributed by atoms with Crippen molar-refractivity contribution in [1.82, 2.24) is 51.9 Å². The van der Waals surface area contributed by atoms with Crippen LogP contribution in [0.1, 0.15) is 78.2 Å². The fourth-order valence-corrected chi connectivity index (χ4v) is 10.4. The van der Waals surface area contributed by atoms with Gasteiger partial charge in [0.05, 0.1) is 82.8 Å². The van der Waals surface area contributed by atoms with Crippen LogP contribution in [0.5, 0.6) is 0 Å². The standard InChI is InChI=1S/C50H60ClFN14O9S/c1-72-49(70)43-39(58-46(31-15-18-54-19-16-31)60-44(43)36-14-11-33(52)26-37(36)51)29-75-28-35-27-66(65-63-35)21-23-74-25-24-73-22-20-56-48(69)38(6-4-5-17-55-47(68)32-9-12-34(13-10-32)62-64-53)57-42(67)8-3-2-7-41-45-40(30-76-41)59-50(71)61-45/h9-16,18-19,26-27,38,40-41,44-45H,2-8,17,20-25,28-30H2,1H3,(H,55,68)(H,56,69)(H,57,67)(H,58,60)(H2,59,61,71)/t38-,40+,41+,44?,45+/m1/s1. The molecule has 0 radical (unpaired) electrons. The Labute approximate surface area is 446 Å². The summed E-state index contributed by atoms with van der Waals surface area (Å²) >= 11 is 8.29. The van der Waals surface area contributed by atoms with Gasteiger partial charge in [-0.3, -0.25) is 24.4 Å². The van der Waals surface area contributed by atoms with E-state index >= 15 is 0 Å². The molecule has 2 aromatic heterocycles. The van der Waals surface area contributed by atoms with Gasteiger partial charge in [-0.05, 0) is 74.0 Å². The summed E-state index contributed by atoms with van der Waals surface area (Å²) in [4.78, 5) is 75.6. The maximum atomic E-state index is 14.0. The summed E-state index contributed by atoms with van der Waals surface area (Å²) in [5.41, 5.74) is 11.6. The van der Waals surface area contributed by atoms with Gasteiger partial charge in [0.1, 0.15) is 29.4 Å². The number of azide groups is 1. The van der Waals surface area contributed by atoms with Crippen molar-refractivity contribution >= 4 is 64.6 Å². The number of thioether (sulfide) groups is 1. The Balaban J connectivity index is 0.802. The topological polar surface area (TPSA) is 299 Å². The number of methoxy groups -OCH3 is 1. The first-order chi connectivity index (χ1) is 37.0. The van der Waals surface area contributed by atoms with Crippen LogP contribution in [0.2, 0.25) is 5.02 Å².